The van der Waals surface area contributed by atoms with Gasteiger partial charge in [-0.25, -0.2) is 0 Å². The third-order valence-corrected chi connectivity index (χ3v) is 4.58. The predicted octanol–water partition coefficient (Wildman–Crippen LogP) is 3.29. The first kappa shape index (κ1) is 18.0. The Hall–Kier alpha value is -2.81. The van der Waals surface area contributed by atoms with E-state index in [1.54, 1.807) is 24.3 Å². The SMILES string of the molecule is CCc1noc(-c2ccc(OCC(=O)Nc3nnc(C(C)C)s3)cc2)n1. The molecule has 0 saturated heterocycles. The fraction of sp³-hybridized carbons (Fsp3) is 0.353. The van der Waals surface area contributed by atoms with Gasteiger partial charge in [-0.3, -0.25) is 10.1 Å². The van der Waals surface area contributed by atoms with E-state index in [1.165, 1.54) is 11.3 Å². The van der Waals surface area contributed by atoms with Crippen molar-refractivity contribution >= 4 is 22.4 Å². The van der Waals surface area contributed by atoms with Crippen LogP contribution in [-0.4, -0.2) is 32.9 Å². The molecule has 2 aromatic heterocycles. The van der Waals surface area contributed by atoms with Crippen molar-refractivity contribution in [3.05, 3.63) is 35.1 Å². The summed E-state index contributed by atoms with van der Waals surface area (Å²) in [7, 11) is 0. The van der Waals surface area contributed by atoms with E-state index in [4.69, 9.17) is 9.26 Å². The maximum absolute atomic E-state index is 12.0. The molecule has 0 saturated carbocycles. The van der Waals surface area contributed by atoms with E-state index < -0.39 is 0 Å². The molecule has 3 aromatic rings. The molecule has 2 heterocycles. The van der Waals surface area contributed by atoms with Crippen LogP contribution in [0.4, 0.5) is 5.13 Å². The molecule has 26 heavy (non-hydrogen) atoms. The molecule has 1 N–H and O–H groups in total. The van der Waals surface area contributed by atoms with Gasteiger partial charge in [0, 0.05) is 17.9 Å². The Morgan fingerprint density at radius 3 is 2.65 bits per heavy atom. The van der Waals surface area contributed by atoms with Gasteiger partial charge in [0.1, 0.15) is 10.8 Å². The van der Waals surface area contributed by atoms with Gasteiger partial charge in [-0.15, -0.1) is 10.2 Å². The Kier molecular flexibility index (Phi) is 5.57. The zero-order chi connectivity index (χ0) is 18.5. The topological polar surface area (TPSA) is 103 Å². The van der Waals surface area contributed by atoms with Gasteiger partial charge < -0.3 is 9.26 Å². The summed E-state index contributed by atoms with van der Waals surface area (Å²) in [6.07, 6.45) is 0.715. The van der Waals surface area contributed by atoms with Crippen LogP contribution in [-0.2, 0) is 11.2 Å². The molecule has 9 heteroatoms. The minimum Gasteiger partial charge on any atom is -0.484 e. The van der Waals surface area contributed by atoms with Crippen molar-refractivity contribution in [3.8, 4) is 17.2 Å². The summed E-state index contributed by atoms with van der Waals surface area (Å²) in [6.45, 7) is 5.89. The van der Waals surface area contributed by atoms with Gasteiger partial charge >= 0.3 is 0 Å². The number of carbonyl (C=O) groups excluding carboxylic acids is 1. The van der Waals surface area contributed by atoms with Gasteiger partial charge in [-0.1, -0.05) is 37.3 Å². The molecule has 0 radical (unpaired) electrons. The quantitative estimate of drug-likeness (QED) is 0.678. The summed E-state index contributed by atoms with van der Waals surface area (Å²) in [5.41, 5.74) is 0.795. The van der Waals surface area contributed by atoms with Crippen molar-refractivity contribution in [3.63, 3.8) is 0 Å². The Balaban J connectivity index is 1.53. The van der Waals surface area contributed by atoms with Crippen LogP contribution in [0.2, 0.25) is 0 Å². The third-order valence-electron chi connectivity index (χ3n) is 3.44. The van der Waals surface area contributed by atoms with Crippen LogP contribution in [0.3, 0.4) is 0 Å². The van der Waals surface area contributed by atoms with Gasteiger partial charge in [0.15, 0.2) is 12.4 Å². The molecule has 0 atom stereocenters. The first-order valence-electron chi connectivity index (χ1n) is 8.24. The molecule has 0 bridgehead atoms. The summed E-state index contributed by atoms with van der Waals surface area (Å²) in [5.74, 6) is 1.68. The second kappa shape index (κ2) is 8.05. The first-order chi connectivity index (χ1) is 12.5. The number of rotatable bonds is 7. The summed E-state index contributed by atoms with van der Waals surface area (Å²) in [6, 6.07) is 7.11. The highest BCUT2D eigenvalue weighted by Gasteiger charge is 2.11. The first-order valence-corrected chi connectivity index (χ1v) is 9.06. The third kappa shape index (κ3) is 4.42. The van der Waals surface area contributed by atoms with E-state index in [0.717, 1.165) is 10.6 Å². The van der Waals surface area contributed by atoms with E-state index >= 15 is 0 Å². The Labute approximate surface area is 154 Å². The lowest BCUT2D eigenvalue weighted by Gasteiger charge is -2.05. The Bertz CT molecular complexity index is 873. The van der Waals surface area contributed by atoms with Crippen LogP contribution < -0.4 is 10.1 Å². The average Bonchev–Trinajstić information content (AvgIpc) is 3.30. The summed E-state index contributed by atoms with van der Waals surface area (Å²) in [4.78, 5) is 16.2. The number of anilines is 1. The zero-order valence-corrected chi connectivity index (χ0v) is 15.5. The van der Waals surface area contributed by atoms with Crippen LogP contribution in [0, 0.1) is 0 Å². The predicted molar refractivity (Wildman–Crippen MR) is 97.2 cm³/mol. The van der Waals surface area contributed by atoms with E-state index in [-0.39, 0.29) is 18.4 Å². The second-order valence-electron chi connectivity index (χ2n) is 5.83. The van der Waals surface area contributed by atoms with Crippen LogP contribution in [0.15, 0.2) is 28.8 Å². The average molecular weight is 373 g/mol. The Morgan fingerprint density at radius 2 is 2.04 bits per heavy atom. The highest BCUT2D eigenvalue weighted by molar-refractivity contribution is 7.15. The molecule has 0 aliphatic rings. The molecule has 3 rings (SSSR count). The maximum Gasteiger partial charge on any atom is 0.264 e. The van der Waals surface area contributed by atoms with E-state index in [2.05, 4.69) is 25.7 Å². The zero-order valence-electron chi connectivity index (χ0n) is 14.7. The fourth-order valence-corrected chi connectivity index (χ4v) is 2.79. The molecule has 0 aliphatic heterocycles. The molecular weight excluding hydrogens is 354 g/mol. The molecule has 136 valence electrons. The van der Waals surface area contributed by atoms with E-state index in [1.807, 2.05) is 20.8 Å². The number of aromatic nitrogens is 4. The standard InChI is InChI=1S/C17H19N5O3S/c1-4-13-18-15(25-22-13)11-5-7-12(8-6-11)24-9-14(23)19-17-21-20-16(26-17)10(2)3/h5-8,10H,4,9H2,1-3H3,(H,19,21,23). The second-order valence-corrected chi connectivity index (χ2v) is 6.84. The van der Waals surface area contributed by atoms with Gasteiger partial charge in [0.05, 0.1) is 0 Å². The number of hydrogen-bond acceptors (Lipinski definition) is 8. The smallest absolute Gasteiger partial charge is 0.264 e. The van der Waals surface area contributed by atoms with Gasteiger partial charge in [0.2, 0.25) is 5.13 Å². The summed E-state index contributed by atoms with van der Waals surface area (Å²) in [5, 5.41) is 15.9. The van der Waals surface area contributed by atoms with E-state index in [0.29, 0.717) is 29.0 Å². The lowest BCUT2D eigenvalue weighted by Crippen LogP contribution is -2.20. The number of aryl methyl sites for hydroxylation is 1. The molecule has 8 nitrogen and oxygen atoms in total. The number of ether oxygens (including phenoxy) is 1. The number of benzene rings is 1. The monoisotopic (exact) mass is 373 g/mol. The van der Waals surface area contributed by atoms with E-state index in [9.17, 15) is 4.79 Å². The van der Waals surface area contributed by atoms with Gasteiger partial charge in [0.25, 0.3) is 11.8 Å². The van der Waals surface area contributed by atoms with Crippen molar-refractivity contribution in [1.82, 2.24) is 20.3 Å². The molecule has 1 amide bonds. The van der Waals surface area contributed by atoms with Crippen molar-refractivity contribution in [2.45, 2.75) is 33.1 Å². The Morgan fingerprint density at radius 1 is 1.27 bits per heavy atom. The number of hydrogen-bond donors (Lipinski definition) is 1. The van der Waals surface area contributed by atoms with Crippen LogP contribution in [0.1, 0.15) is 37.5 Å². The van der Waals surface area contributed by atoms with Crippen LogP contribution >= 0.6 is 11.3 Å². The molecule has 1 aromatic carbocycles. The summed E-state index contributed by atoms with van der Waals surface area (Å²) >= 11 is 1.36. The minimum atomic E-state index is -0.287. The molecule has 0 aliphatic carbocycles. The minimum absolute atomic E-state index is 0.115. The maximum atomic E-state index is 12.0. The molecule has 0 fully saturated rings. The number of carbonyl (C=O) groups is 1. The number of amides is 1. The highest BCUT2D eigenvalue weighted by atomic mass is 32.1. The largest absolute Gasteiger partial charge is 0.484 e. The van der Waals surface area contributed by atoms with Gasteiger partial charge in [-0.2, -0.15) is 4.98 Å². The summed E-state index contributed by atoms with van der Waals surface area (Å²) < 4.78 is 10.7. The van der Waals surface area contributed by atoms with Crippen molar-refractivity contribution in [2.24, 2.45) is 0 Å². The number of nitrogens with one attached hydrogen (secondary N) is 1. The normalized spacial score (nSPS) is 10.9. The fourth-order valence-electron chi connectivity index (χ4n) is 2.03. The van der Waals surface area contributed by atoms with Crippen molar-refractivity contribution in [1.29, 1.82) is 0 Å². The van der Waals surface area contributed by atoms with Crippen molar-refractivity contribution < 1.29 is 14.1 Å². The van der Waals surface area contributed by atoms with Crippen molar-refractivity contribution in [2.75, 3.05) is 11.9 Å². The molecular formula is C17H19N5O3S. The van der Waals surface area contributed by atoms with Crippen LogP contribution in [0.25, 0.3) is 11.5 Å². The highest BCUT2D eigenvalue weighted by Crippen LogP contribution is 2.23. The van der Waals surface area contributed by atoms with Crippen LogP contribution in [0.5, 0.6) is 5.75 Å². The number of nitrogens with zero attached hydrogens (tertiary/aromatic N) is 4. The van der Waals surface area contributed by atoms with Gasteiger partial charge in [-0.05, 0) is 24.3 Å². The lowest BCUT2D eigenvalue weighted by molar-refractivity contribution is -0.118. The molecule has 0 unspecified atom stereocenters. The molecule has 0 spiro atoms. The lowest BCUT2D eigenvalue weighted by atomic mass is 10.2.